The van der Waals surface area contributed by atoms with Crippen LogP contribution in [-0.4, -0.2) is 39.3 Å². The SMILES string of the molecule is NC/C(=C\F)Cn1ncn(-c2cnc(-c3ccc(C[SH](=O)=O)cc3)cn2)c1=O. The molecule has 2 N–H and O–H groups in total. The molecule has 2 aromatic heterocycles. The fourth-order valence-electron chi connectivity index (χ4n) is 2.46. The Kier molecular flexibility index (Phi) is 6.06. The molecule has 1 aromatic carbocycles. The normalized spacial score (nSPS) is 11.9. The lowest BCUT2D eigenvalue weighted by atomic mass is 10.1. The van der Waals surface area contributed by atoms with Crippen LogP contribution in [0.25, 0.3) is 17.1 Å². The van der Waals surface area contributed by atoms with Gasteiger partial charge in [0.25, 0.3) is 0 Å². The fraction of sp³-hybridized carbons (Fsp3) is 0.176. The van der Waals surface area contributed by atoms with Crippen molar-refractivity contribution in [3.8, 4) is 17.1 Å². The van der Waals surface area contributed by atoms with Crippen LogP contribution in [-0.2, 0) is 23.0 Å². The molecule has 28 heavy (non-hydrogen) atoms. The number of hydrogen-bond acceptors (Lipinski definition) is 7. The van der Waals surface area contributed by atoms with E-state index in [0.717, 1.165) is 10.2 Å². The quantitative estimate of drug-likeness (QED) is 0.547. The lowest BCUT2D eigenvalue weighted by Crippen LogP contribution is -2.26. The third-order valence-corrected chi connectivity index (χ3v) is 4.57. The average Bonchev–Trinajstić information content (AvgIpc) is 3.06. The highest BCUT2D eigenvalue weighted by molar-refractivity contribution is 7.71. The Morgan fingerprint density at radius 1 is 1.18 bits per heavy atom. The van der Waals surface area contributed by atoms with Gasteiger partial charge in [-0.05, 0) is 11.1 Å². The zero-order valence-electron chi connectivity index (χ0n) is 14.6. The highest BCUT2D eigenvalue weighted by Gasteiger charge is 2.10. The lowest BCUT2D eigenvalue weighted by molar-refractivity contribution is 0.612. The molecule has 0 saturated heterocycles. The van der Waals surface area contributed by atoms with Crippen LogP contribution >= 0.6 is 0 Å². The first-order chi connectivity index (χ1) is 13.5. The second-order valence-corrected chi connectivity index (χ2v) is 6.84. The van der Waals surface area contributed by atoms with Gasteiger partial charge in [-0.2, -0.15) is 5.10 Å². The van der Waals surface area contributed by atoms with Gasteiger partial charge in [-0.1, -0.05) is 24.3 Å². The van der Waals surface area contributed by atoms with Gasteiger partial charge >= 0.3 is 5.69 Å². The van der Waals surface area contributed by atoms with Crippen molar-refractivity contribution in [1.82, 2.24) is 24.3 Å². The molecule has 0 saturated carbocycles. The number of thiol groups is 1. The van der Waals surface area contributed by atoms with E-state index in [-0.39, 0.29) is 30.2 Å². The van der Waals surface area contributed by atoms with Gasteiger partial charge in [-0.3, -0.25) is 4.98 Å². The van der Waals surface area contributed by atoms with Crippen molar-refractivity contribution < 1.29 is 12.8 Å². The molecule has 0 aliphatic carbocycles. The zero-order valence-corrected chi connectivity index (χ0v) is 15.5. The number of aromatic nitrogens is 5. The molecule has 0 aliphatic rings. The van der Waals surface area contributed by atoms with Crippen LogP contribution in [0.5, 0.6) is 0 Å². The van der Waals surface area contributed by atoms with Gasteiger partial charge in [0.05, 0.1) is 36.7 Å². The number of halogens is 1. The van der Waals surface area contributed by atoms with Crippen LogP contribution in [0.3, 0.4) is 0 Å². The first kappa shape index (κ1) is 19.6. The maximum atomic E-state index is 12.7. The standard InChI is InChI=1S/C17H17FN6O3S/c18-5-13(6-19)9-24-17(25)23(11-22-24)16-8-20-15(7-21-16)14-3-1-12(2-4-14)10-28(26)27/h1-5,7-8,11,28H,6,9-10,19H2/b13-5+. The molecule has 0 fully saturated rings. The van der Waals surface area contributed by atoms with Gasteiger partial charge in [-0.25, -0.2) is 31.8 Å². The van der Waals surface area contributed by atoms with Gasteiger partial charge in [0.15, 0.2) is 5.82 Å². The Hall–Kier alpha value is -3.18. The summed E-state index contributed by atoms with van der Waals surface area (Å²) in [7, 11) is -2.48. The second-order valence-electron chi connectivity index (χ2n) is 5.86. The predicted molar refractivity (Wildman–Crippen MR) is 101 cm³/mol. The van der Waals surface area contributed by atoms with Crippen LogP contribution < -0.4 is 11.4 Å². The Labute approximate surface area is 160 Å². The summed E-state index contributed by atoms with van der Waals surface area (Å²) in [4.78, 5) is 20.9. The summed E-state index contributed by atoms with van der Waals surface area (Å²) in [5.74, 6) is 0.245. The molecule has 3 aromatic rings. The third kappa shape index (κ3) is 4.38. The highest BCUT2D eigenvalue weighted by atomic mass is 32.2. The van der Waals surface area contributed by atoms with E-state index in [1.807, 2.05) is 0 Å². The van der Waals surface area contributed by atoms with Gasteiger partial charge < -0.3 is 5.73 Å². The molecule has 0 atom stereocenters. The largest absolute Gasteiger partial charge is 0.351 e. The van der Waals surface area contributed by atoms with Crippen molar-refractivity contribution in [3.63, 3.8) is 0 Å². The van der Waals surface area contributed by atoms with Crippen molar-refractivity contribution in [3.05, 3.63) is 70.9 Å². The zero-order chi connectivity index (χ0) is 20.1. The number of nitrogens with two attached hydrogens (primary N) is 1. The van der Waals surface area contributed by atoms with Crippen molar-refractivity contribution in [2.75, 3.05) is 6.54 Å². The first-order valence-electron chi connectivity index (χ1n) is 8.18. The summed E-state index contributed by atoms with van der Waals surface area (Å²) in [6.45, 7) is -0.0694. The van der Waals surface area contributed by atoms with E-state index in [9.17, 15) is 17.6 Å². The summed E-state index contributed by atoms with van der Waals surface area (Å²) in [6, 6.07) is 6.91. The molecule has 0 bridgehead atoms. The van der Waals surface area contributed by atoms with E-state index in [0.29, 0.717) is 17.6 Å². The van der Waals surface area contributed by atoms with Gasteiger partial charge in [-0.15, -0.1) is 0 Å². The minimum atomic E-state index is -2.48. The summed E-state index contributed by atoms with van der Waals surface area (Å²) in [5.41, 5.74) is 7.14. The maximum absolute atomic E-state index is 12.7. The van der Waals surface area contributed by atoms with Crippen molar-refractivity contribution in [1.29, 1.82) is 0 Å². The summed E-state index contributed by atoms with van der Waals surface area (Å²) in [5, 5.41) is 3.93. The minimum Gasteiger partial charge on any atom is -0.327 e. The minimum absolute atomic E-state index is 0.0173. The van der Waals surface area contributed by atoms with Crippen molar-refractivity contribution in [2.45, 2.75) is 12.3 Å². The van der Waals surface area contributed by atoms with Crippen LogP contribution in [0.2, 0.25) is 0 Å². The van der Waals surface area contributed by atoms with Gasteiger partial charge in [0, 0.05) is 12.1 Å². The molecule has 0 aliphatic heterocycles. The fourth-order valence-corrected chi connectivity index (χ4v) is 2.97. The van der Waals surface area contributed by atoms with Crippen molar-refractivity contribution in [2.24, 2.45) is 5.73 Å². The summed E-state index contributed by atoms with van der Waals surface area (Å²) >= 11 is 0. The molecule has 2 heterocycles. The van der Waals surface area contributed by atoms with Crippen LogP contribution in [0, 0.1) is 0 Å². The first-order valence-corrected chi connectivity index (χ1v) is 9.54. The average molecular weight is 404 g/mol. The smallest absolute Gasteiger partial charge is 0.327 e. The van der Waals surface area contributed by atoms with Crippen LogP contribution in [0.15, 0.2) is 59.7 Å². The van der Waals surface area contributed by atoms with E-state index < -0.39 is 16.4 Å². The number of rotatable bonds is 7. The number of hydrogen-bond donors (Lipinski definition) is 2. The van der Waals surface area contributed by atoms with E-state index in [2.05, 4.69) is 15.1 Å². The molecular formula is C17H17FN6O3S. The molecule has 3 rings (SSSR count). The van der Waals surface area contributed by atoms with Gasteiger partial charge in [0.1, 0.15) is 17.0 Å². The molecule has 146 valence electrons. The molecule has 0 unspecified atom stereocenters. The highest BCUT2D eigenvalue weighted by Crippen LogP contribution is 2.17. The van der Waals surface area contributed by atoms with E-state index in [1.165, 1.54) is 23.3 Å². The Balaban J connectivity index is 1.81. The molecule has 9 nitrogen and oxygen atoms in total. The summed E-state index contributed by atoms with van der Waals surface area (Å²) < 4.78 is 36.5. The Morgan fingerprint density at radius 2 is 1.93 bits per heavy atom. The third-order valence-electron chi connectivity index (χ3n) is 3.95. The molecule has 0 amide bonds. The topological polar surface area (TPSA) is 126 Å². The van der Waals surface area contributed by atoms with E-state index >= 15 is 0 Å². The number of benzene rings is 1. The molecule has 11 heteroatoms. The molecule has 0 radical (unpaired) electrons. The second kappa shape index (κ2) is 8.67. The molecular weight excluding hydrogens is 387 g/mol. The lowest BCUT2D eigenvalue weighted by Gasteiger charge is -2.04. The van der Waals surface area contributed by atoms with Crippen molar-refractivity contribution >= 4 is 10.7 Å². The van der Waals surface area contributed by atoms with Crippen LogP contribution in [0.1, 0.15) is 5.56 Å². The predicted octanol–water partition coefficient (Wildman–Crippen LogP) is 0.414. The maximum Gasteiger partial charge on any atom is 0.351 e. The summed E-state index contributed by atoms with van der Waals surface area (Å²) in [6.07, 6.45) is 4.55. The van der Waals surface area contributed by atoms with E-state index in [1.54, 1.807) is 24.3 Å². The Morgan fingerprint density at radius 3 is 2.50 bits per heavy atom. The monoisotopic (exact) mass is 404 g/mol. The number of nitrogens with zero attached hydrogens (tertiary/aromatic N) is 5. The molecule has 0 spiro atoms. The van der Waals surface area contributed by atoms with Crippen LogP contribution in [0.4, 0.5) is 4.39 Å². The van der Waals surface area contributed by atoms with Gasteiger partial charge in [0.2, 0.25) is 0 Å². The van der Waals surface area contributed by atoms with E-state index in [4.69, 9.17) is 5.73 Å². The Bertz CT molecular complexity index is 1110.